The van der Waals surface area contributed by atoms with Crippen molar-refractivity contribution in [2.24, 2.45) is 5.41 Å². The summed E-state index contributed by atoms with van der Waals surface area (Å²) in [6.07, 6.45) is 1.06. The second-order valence-corrected chi connectivity index (χ2v) is 6.07. The Morgan fingerprint density at radius 1 is 1.25 bits per heavy atom. The minimum atomic E-state index is -1.24. The second kappa shape index (κ2) is 6.29. The van der Waals surface area contributed by atoms with Crippen molar-refractivity contribution in [2.75, 3.05) is 5.32 Å². The molecule has 0 saturated carbocycles. The number of carbonyl (C=O) groups excluding carboxylic acids is 1. The maximum absolute atomic E-state index is 11.9. The van der Waals surface area contributed by atoms with Gasteiger partial charge in [-0.3, -0.25) is 4.79 Å². The highest BCUT2D eigenvalue weighted by atomic mass is 35.5. The topological polar surface area (TPSA) is 66.4 Å². The number of halogens is 2. The third kappa shape index (κ3) is 4.54. The largest absolute Gasteiger partial charge is 0.477 e. The van der Waals surface area contributed by atoms with Gasteiger partial charge in [0.15, 0.2) is 5.78 Å². The molecule has 0 aromatic heterocycles. The zero-order valence-electron chi connectivity index (χ0n) is 11.3. The van der Waals surface area contributed by atoms with Gasteiger partial charge < -0.3 is 10.4 Å². The van der Waals surface area contributed by atoms with Gasteiger partial charge >= 0.3 is 5.97 Å². The van der Waals surface area contributed by atoms with E-state index in [1.54, 1.807) is 32.9 Å². The van der Waals surface area contributed by atoms with Crippen molar-refractivity contribution in [1.82, 2.24) is 0 Å². The number of aliphatic carboxylic acids is 1. The highest BCUT2D eigenvalue weighted by Gasteiger charge is 2.21. The molecule has 1 rings (SSSR count). The molecular weight excluding hydrogens is 301 g/mol. The zero-order chi connectivity index (χ0) is 15.5. The number of anilines is 1. The van der Waals surface area contributed by atoms with Crippen LogP contribution in [0.15, 0.2) is 30.0 Å². The Kier molecular flexibility index (Phi) is 5.20. The Labute approximate surface area is 127 Å². The molecule has 0 unspecified atom stereocenters. The summed E-state index contributed by atoms with van der Waals surface area (Å²) in [6.45, 7) is 5.13. The summed E-state index contributed by atoms with van der Waals surface area (Å²) in [5, 5.41) is 12.5. The van der Waals surface area contributed by atoms with E-state index in [4.69, 9.17) is 28.3 Å². The van der Waals surface area contributed by atoms with Crippen LogP contribution in [0.3, 0.4) is 0 Å². The van der Waals surface area contributed by atoms with Gasteiger partial charge in [0.05, 0.1) is 10.7 Å². The van der Waals surface area contributed by atoms with Gasteiger partial charge in [0.25, 0.3) is 0 Å². The highest BCUT2D eigenvalue weighted by Crippen LogP contribution is 2.27. The summed E-state index contributed by atoms with van der Waals surface area (Å²) in [6, 6.07) is 4.60. The van der Waals surface area contributed by atoms with E-state index in [2.05, 4.69) is 5.32 Å². The first kappa shape index (κ1) is 16.5. The number of carboxylic acids is 1. The van der Waals surface area contributed by atoms with Crippen LogP contribution in [-0.4, -0.2) is 16.9 Å². The fraction of sp³-hybridized carbons (Fsp3) is 0.286. The number of hydrogen-bond donors (Lipinski definition) is 2. The van der Waals surface area contributed by atoms with E-state index in [-0.39, 0.29) is 16.5 Å². The van der Waals surface area contributed by atoms with Gasteiger partial charge in [0.1, 0.15) is 5.70 Å². The van der Waals surface area contributed by atoms with Gasteiger partial charge in [0, 0.05) is 16.5 Å². The lowest BCUT2D eigenvalue weighted by atomic mass is 9.90. The number of rotatable bonds is 4. The summed E-state index contributed by atoms with van der Waals surface area (Å²) in [5.41, 5.74) is -0.535. The predicted octanol–water partition coefficient (Wildman–Crippen LogP) is 3.99. The van der Waals surface area contributed by atoms with Crippen molar-refractivity contribution in [3.63, 3.8) is 0 Å². The minimum Gasteiger partial charge on any atom is -0.477 e. The lowest BCUT2D eigenvalue weighted by molar-refractivity contribution is -0.133. The number of ketones is 1. The van der Waals surface area contributed by atoms with Gasteiger partial charge in [-0.15, -0.1) is 0 Å². The van der Waals surface area contributed by atoms with Gasteiger partial charge in [-0.1, -0.05) is 44.0 Å². The van der Waals surface area contributed by atoms with Crippen molar-refractivity contribution in [1.29, 1.82) is 0 Å². The van der Waals surface area contributed by atoms with Gasteiger partial charge in [-0.2, -0.15) is 0 Å². The number of carboxylic acid groups (broad SMARTS) is 1. The standard InChI is InChI=1S/C14H15Cl2NO3/c1-14(2,3)12(18)7-11(13(19)20)17-10-5-4-8(15)6-9(10)16/h4-7,17H,1-3H3,(H,19,20). The van der Waals surface area contributed by atoms with Crippen LogP contribution in [0.25, 0.3) is 0 Å². The quantitative estimate of drug-likeness (QED) is 0.824. The maximum Gasteiger partial charge on any atom is 0.352 e. The summed E-state index contributed by atoms with van der Waals surface area (Å²) in [4.78, 5) is 23.1. The van der Waals surface area contributed by atoms with Crippen LogP contribution in [-0.2, 0) is 9.59 Å². The fourth-order valence-corrected chi connectivity index (χ4v) is 1.69. The molecule has 0 aliphatic carbocycles. The van der Waals surface area contributed by atoms with Gasteiger partial charge in [0.2, 0.25) is 0 Å². The first-order valence-corrected chi connectivity index (χ1v) is 6.58. The minimum absolute atomic E-state index is 0.242. The second-order valence-electron chi connectivity index (χ2n) is 5.23. The van der Waals surface area contributed by atoms with E-state index in [0.29, 0.717) is 10.7 Å². The Bertz CT molecular complexity index is 574. The van der Waals surface area contributed by atoms with E-state index in [9.17, 15) is 9.59 Å². The number of hydrogen-bond acceptors (Lipinski definition) is 3. The van der Waals surface area contributed by atoms with Crippen LogP contribution in [0.5, 0.6) is 0 Å². The van der Waals surface area contributed by atoms with Crippen LogP contribution in [0.2, 0.25) is 10.0 Å². The Balaban J connectivity index is 3.08. The molecule has 0 amide bonds. The number of carbonyl (C=O) groups is 2. The molecule has 6 heteroatoms. The molecule has 1 aromatic carbocycles. The summed E-state index contributed by atoms with van der Waals surface area (Å²) >= 11 is 11.7. The zero-order valence-corrected chi connectivity index (χ0v) is 12.8. The van der Waals surface area contributed by atoms with E-state index < -0.39 is 11.4 Å². The molecule has 0 spiro atoms. The number of benzene rings is 1. The first-order chi connectivity index (χ1) is 9.11. The molecule has 0 fully saturated rings. The molecule has 108 valence electrons. The lowest BCUT2D eigenvalue weighted by Gasteiger charge is -2.15. The Hall–Kier alpha value is -1.52. The molecule has 1 aromatic rings. The van der Waals surface area contributed by atoms with E-state index in [0.717, 1.165) is 6.08 Å². The third-order valence-corrected chi connectivity index (χ3v) is 2.99. The predicted molar refractivity (Wildman–Crippen MR) is 80.3 cm³/mol. The SMILES string of the molecule is CC(C)(C)C(=O)C=C(Nc1ccc(Cl)cc1Cl)C(=O)O. The van der Waals surface area contributed by atoms with Gasteiger partial charge in [-0.05, 0) is 18.2 Å². The molecule has 4 nitrogen and oxygen atoms in total. The van der Waals surface area contributed by atoms with Crippen molar-refractivity contribution < 1.29 is 14.7 Å². The van der Waals surface area contributed by atoms with Crippen LogP contribution in [0.4, 0.5) is 5.69 Å². The average molecular weight is 316 g/mol. The highest BCUT2D eigenvalue weighted by molar-refractivity contribution is 6.36. The molecule has 0 atom stereocenters. The van der Waals surface area contributed by atoms with E-state index in [1.807, 2.05) is 0 Å². The van der Waals surface area contributed by atoms with Crippen LogP contribution in [0.1, 0.15) is 20.8 Å². The molecule has 2 N–H and O–H groups in total. The molecule has 0 heterocycles. The molecule has 0 aliphatic rings. The van der Waals surface area contributed by atoms with Crippen LogP contribution in [0, 0.1) is 5.41 Å². The molecule has 0 aliphatic heterocycles. The molecule has 0 saturated heterocycles. The molecule has 0 radical (unpaired) electrons. The molecule has 20 heavy (non-hydrogen) atoms. The maximum atomic E-state index is 11.9. The van der Waals surface area contributed by atoms with Crippen LogP contribution >= 0.6 is 23.2 Å². The van der Waals surface area contributed by atoms with Gasteiger partial charge in [-0.25, -0.2) is 4.79 Å². The summed E-state index contributed by atoms with van der Waals surface area (Å²) in [5.74, 6) is -1.54. The normalized spacial score (nSPS) is 12.2. The Morgan fingerprint density at radius 2 is 1.85 bits per heavy atom. The van der Waals surface area contributed by atoms with Crippen molar-refractivity contribution in [2.45, 2.75) is 20.8 Å². The van der Waals surface area contributed by atoms with E-state index >= 15 is 0 Å². The van der Waals surface area contributed by atoms with Crippen molar-refractivity contribution >= 4 is 40.6 Å². The lowest BCUT2D eigenvalue weighted by Crippen LogP contribution is -2.21. The number of allylic oxidation sites excluding steroid dienone is 1. The number of nitrogens with one attached hydrogen (secondary N) is 1. The van der Waals surface area contributed by atoms with Crippen LogP contribution < -0.4 is 5.32 Å². The smallest absolute Gasteiger partial charge is 0.352 e. The monoisotopic (exact) mass is 315 g/mol. The Morgan fingerprint density at radius 3 is 2.30 bits per heavy atom. The van der Waals surface area contributed by atoms with E-state index in [1.165, 1.54) is 6.07 Å². The molecular formula is C14H15Cl2NO3. The average Bonchev–Trinajstić information content (AvgIpc) is 2.29. The third-order valence-electron chi connectivity index (χ3n) is 2.45. The fourth-order valence-electron chi connectivity index (χ4n) is 1.23. The first-order valence-electron chi connectivity index (χ1n) is 5.83. The molecule has 0 bridgehead atoms. The summed E-state index contributed by atoms with van der Waals surface area (Å²) < 4.78 is 0. The van der Waals surface area contributed by atoms with Crippen molar-refractivity contribution in [3.8, 4) is 0 Å². The van der Waals surface area contributed by atoms with Crippen molar-refractivity contribution in [3.05, 3.63) is 40.0 Å². The summed E-state index contributed by atoms with van der Waals surface area (Å²) in [7, 11) is 0.